The first-order valence-corrected chi connectivity index (χ1v) is 13.2. The number of ketones is 1. The van der Waals surface area contributed by atoms with Gasteiger partial charge in [0.05, 0.1) is 35.7 Å². The molecule has 1 aliphatic carbocycles. The third-order valence-electron chi connectivity index (χ3n) is 7.39. The SMILES string of the molecule is Cc1cc(-c2n[nH]c3c2C(=O)c2c(NC(=O)NN4CCOCC4)cccc2-3)ccc1OCCN1CCCC1.Cl. The van der Waals surface area contributed by atoms with Crippen molar-refractivity contribution in [2.24, 2.45) is 0 Å². The van der Waals surface area contributed by atoms with Crippen LogP contribution < -0.4 is 15.5 Å². The zero-order valence-electron chi connectivity index (χ0n) is 21.9. The van der Waals surface area contributed by atoms with Gasteiger partial charge in [0.25, 0.3) is 0 Å². The number of H-pyrrole nitrogens is 1. The lowest BCUT2D eigenvalue weighted by Gasteiger charge is -2.27. The van der Waals surface area contributed by atoms with E-state index < -0.39 is 6.03 Å². The second kappa shape index (κ2) is 11.7. The lowest BCUT2D eigenvalue weighted by molar-refractivity contribution is 0.0207. The molecule has 2 fully saturated rings. The van der Waals surface area contributed by atoms with Crippen LogP contribution in [0.3, 0.4) is 0 Å². The Morgan fingerprint density at radius 1 is 1.10 bits per heavy atom. The topological polar surface area (TPSA) is 112 Å². The Kier molecular flexibility index (Phi) is 8.18. The number of aryl methyl sites for hydroxylation is 1. The molecule has 0 bridgehead atoms. The van der Waals surface area contributed by atoms with Gasteiger partial charge in [0.2, 0.25) is 0 Å². The predicted octanol–water partition coefficient (Wildman–Crippen LogP) is 3.86. The molecule has 0 spiro atoms. The Balaban J connectivity index is 0.00000308. The molecule has 0 saturated carbocycles. The minimum Gasteiger partial charge on any atom is -0.492 e. The summed E-state index contributed by atoms with van der Waals surface area (Å²) in [5, 5.41) is 12.2. The van der Waals surface area contributed by atoms with Crippen LogP contribution in [0.15, 0.2) is 36.4 Å². The molecule has 3 N–H and O–H groups in total. The number of hydrazine groups is 1. The molecule has 206 valence electrons. The average Bonchev–Trinajstić information content (AvgIpc) is 3.65. The van der Waals surface area contributed by atoms with E-state index in [2.05, 4.69) is 25.8 Å². The Morgan fingerprint density at radius 2 is 1.90 bits per heavy atom. The second-order valence-corrected chi connectivity index (χ2v) is 9.92. The molecular formula is C28H33ClN6O4. The smallest absolute Gasteiger partial charge is 0.333 e. The van der Waals surface area contributed by atoms with Crippen molar-refractivity contribution in [3.63, 3.8) is 0 Å². The number of amides is 2. The quantitative estimate of drug-likeness (QED) is 0.319. The van der Waals surface area contributed by atoms with Crippen LogP contribution in [0.1, 0.15) is 34.3 Å². The number of anilines is 1. The Hall–Kier alpha value is -3.44. The second-order valence-electron chi connectivity index (χ2n) is 9.92. The highest BCUT2D eigenvalue weighted by Gasteiger charge is 2.35. The van der Waals surface area contributed by atoms with Crippen LogP contribution in [0.25, 0.3) is 22.5 Å². The minimum atomic E-state index is -0.391. The van der Waals surface area contributed by atoms with Crippen LogP contribution in [0.4, 0.5) is 10.5 Å². The number of hydrogen-bond donors (Lipinski definition) is 3. The predicted molar refractivity (Wildman–Crippen MR) is 151 cm³/mol. The zero-order chi connectivity index (χ0) is 26.1. The number of urea groups is 1. The summed E-state index contributed by atoms with van der Waals surface area (Å²) in [5.74, 6) is 0.678. The number of carbonyl (C=O) groups excluding carboxylic acids is 2. The molecule has 11 heteroatoms. The molecule has 1 aromatic heterocycles. The number of benzene rings is 2. The van der Waals surface area contributed by atoms with E-state index >= 15 is 0 Å². The standard InChI is InChI=1S/C28H32N6O4.ClH/c1-18-17-19(7-8-22(18)38-16-11-33-9-2-3-10-33)25-24-26(31-30-25)20-5-4-6-21(23(20)27(24)35)29-28(36)32-34-12-14-37-15-13-34;/h4-8,17H,2-3,9-16H2,1H3,(H,30,31)(H2,29,32,36);1H. The van der Waals surface area contributed by atoms with Gasteiger partial charge in [0.15, 0.2) is 5.78 Å². The van der Waals surface area contributed by atoms with Crippen molar-refractivity contribution >= 4 is 29.9 Å². The molecule has 2 aliphatic heterocycles. The molecule has 2 saturated heterocycles. The number of likely N-dealkylation sites (tertiary alicyclic amines) is 1. The number of nitrogens with zero attached hydrogens (tertiary/aromatic N) is 3. The molecule has 10 nitrogen and oxygen atoms in total. The normalized spacial score (nSPS) is 16.9. The van der Waals surface area contributed by atoms with Crippen LogP contribution in [-0.2, 0) is 4.74 Å². The summed E-state index contributed by atoms with van der Waals surface area (Å²) in [6.45, 7) is 8.25. The molecule has 39 heavy (non-hydrogen) atoms. The summed E-state index contributed by atoms with van der Waals surface area (Å²) >= 11 is 0. The molecule has 0 radical (unpaired) electrons. The summed E-state index contributed by atoms with van der Waals surface area (Å²) in [6, 6.07) is 10.9. The number of morpholine rings is 1. The van der Waals surface area contributed by atoms with Gasteiger partial charge in [0, 0.05) is 30.8 Å². The first kappa shape index (κ1) is 27.1. The van der Waals surface area contributed by atoms with Gasteiger partial charge < -0.3 is 14.8 Å². The van der Waals surface area contributed by atoms with Crippen molar-refractivity contribution in [3.05, 3.63) is 53.1 Å². The maximum absolute atomic E-state index is 13.7. The van der Waals surface area contributed by atoms with E-state index in [-0.39, 0.29) is 18.2 Å². The number of ether oxygens (including phenoxy) is 2. The van der Waals surface area contributed by atoms with Crippen LogP contribution >= 0.6 is 12.4 Å². The van der Waals surface area contributed by atoms with Crippen molar-refractivity contribution in [3.8, 4) is 28.3 Å². The third-order valence-corrected chi connectivity index (χ3v) is 7.39. The molecule has 3 aliphatic rings. The van der Waals surface area contributed by atoms with Crippen LogP contribution in [-0.4, -0.2) is 84.5 Å². The van der Waals surface area contributed by atoms with Gasteiger partial charge in [-0.2, -0.15) is 5.10 Å². The fraction of sp³-hybridized carbons (Fsp3) is 0.393. The highest BCUT2D eigenvalue weighted by Crippen LogP contribution is 2.43. The van der Waals surface area contributed by atoms with Gasteiger partial charge in [-0.25, -0.2) is 9.80 Å². The molecule has 3 aromatic rings. The van der Waals surface area contributed by atoms with Crippen molar-refractivity contribution in [1.29, 1.82) is 0 Å². The van der Waals surface area contributed by atoms with Crippen molar-refractivity contribution in [1.82, 2.24) is 25.5 Å². The van der Waals surface area contributed by atoms with Gasteiger partial charge in [-0.1, -0.05) is 12.1 Å². The maximum Gasteiger partial charge on any atom is 0.333 e. The van der Waals surface area contributed by atoms with E-state index in [1.165, 1.54) is 12.8 Å². The number of fused-ring (bicyclic) bond motifs is 3. The van der Waals surface area contributed by atoms with Gasteiger partial charge in [-0.05, 0) is 62.7 Å². The van der Waals surface area contributed by atoms with E-state index in [0.717, 1.165) is 42.1 Å². The van der Waals surface area contributed by atoms with Crippen LogP contribution in [0.5, 0.6) is 5.75 Å². The third kappa shape index (κ3) is 5.51. The first-order chi connectivity index (χ1) is 18.6. The molecular weight excluding hydrogens is 520 g/mol. The Morgan fingerprint density at radius 3 is 2.67 bits per heavy atom. The number of aromatic nitrogens is 2. The van der Waals surface area contributed by atoms with Crippen molar-refractivity contribution in [2.75, 3.05) is 57.9 Å². The highest BCUT2D eigenvalue weighted by molar-refractivity contribution is 6.26. The van der Waals surface area contributed by atoms with Gasteiger partial charge in [-0.15, -0.1) is 12.4 Å². The van der Waals surface area contributed by atoms with Gasteiger partial charge in [0.1, 0.15) is 18.1 Å². The minimum absolute atomic E-state index is 0. The average molecular weight is 553 g/mol. The number of rotatable bonds is 7. The largest absolute Gasteiger partial charge is 0.492 e. The molecule has 0 unspecified atom stereocenters. The highest BCUT2D eigenvalue weighted by atomic mass is 35.5. The molecule has 2 aromatic carbocycles. The number of carbonyl (C=O) groups is 2. The van der Waals surface area contributed by atoms with E-state index in [4.69, 9.17) is 9.47 Å². The van der Waals surface area contributed by atoms with E-state index in [0.29, 0.717) is 61.1 Å². The zero-order valence-corrected chi connectivity index (χ0v) is 22.7. The van der Waals surface area contributed by atoms with Crippen LogP contribution in [0.2, 0.25) is 0 Å². The van der Waals surface area contributed by atoms with Crippen LogP contribution in [0, 0.1) is 6.92 Å². The Bertz CT molecular complexity index is 1360. The summed E-state index contributed by atoms with van der Waals surface area (Å²) < 4.78 is 11.4. The van der Waals surface area contributed by atoms with E-state index in [9.17, 15) is 9.59 Å². The number of hydrogen-bond acceptors (Lipinski definition) is 7. The molecule has 2 amide bonds. The van der Waals surface area contributed by atoms with Gasteiger partial charge in [-0.3, -0.25) is 20.2 Å². The summed E-state index contributed by atoms with van der Waals surface area (Å²) in [6.07, 6.45) is 2.53. The Labute approximate surface area is 233 Å². The number of halogens is 1. The summed E-state index contributed by atoms with van der Waals surface area (Å²) in [5.41, 5.74) is 8.10. The van der Waals surface area contributed by atoms with Crippen molar-refractivity contribution in [2.45, 2.75) is 19.8 Å². The monoisotopic (exact) mass is 552 g/mol. The number of aromatic amines is 1. The molecule has 0 atom stereocenters. The molecule has 6 rings (SSSR count). The van der Waals surface area contributed by atoms with E-state index in [1.54, 1.807) is 11.1 Å². The molecule has 3 heterocycles. The number of nitrogens with one attached hydrogen (secondary N) is 3. The summed E-state index contributed by atoms with van der Waals surface area (Å²) in [4.78, 5) is 28.7. The maximum atomic E-state index is 13.7. The van der Waals surface area contributed by atoms with Crippen molar-refractivity contribution < 1.29 is 19.1 Å². The lowest BCUT2D eigenvalue weighted by Crippen LogP contribution is -2.49. The fourth-order valence-corrected chi connectivity index (χ4v) is 5.42. The van der Waals surface area contributed by atoms with E-state index in [1.807, 2.05) is 37.3 Å². The lowest BCUT2D eigenvalue weighted by atomic mass is 10.0. The fourth-order valence-electron chi connectivity index (χ4n) is 5.42. The van der Waals surface area contributed by atoms with Gasteiger partial charge >= 0.3 is 6.03 Å². The summed E-state index contributed by atoms with van der Waals surface area (Å²) in [7, 11) is 0. The first-order valence-electron chi connectivity index (χ1n) is 13.2.